The molecular weight excluding hydrogens is 269 g/mol. The molecule has 1 saturated heterocycles. The summed E-state index contributed by atoms with van der Waals surface area (Å²) in [5.74, 6) is 0. The number of rotatable bonds is 4. The highest BCUT2D eigenvalue weighted by Gasteiger charge is 2.17. The SMILES string of the molecule is CN(CCOI)C1CCOCC1. The number of hydrogen-bond acceptors (Lipinski definition) is 3. The Bertz CT molecular complexity index is 118. The first-order valence-corrected chi connectivity index (χ1v) is 5.24. The third-order valence-electron chi connectivity index (χ3n) is 2.34. The molecule has 1 aliphatic rings. The number of halogens is 1. The minimum atomic E-state index is 0.699. The van der Waals surface area contributed by atoms with E-state index < -0.39 is 0 Å². The van der Waals surface area contributed by atoms with Crippen molar-refractivity contribution in [2.75, 3.05) is 33.4 Å². The molecule has 4 heteroatoms. The van der Waals surface area contributed by atoms with Crippen LogP contribution in [-0.4, -0.2) is 44.4 Å². The second kappa shape index (κ2) is 6.12. The van der Waals surface area contributed by atoms with Gasteiger partial charge in [0.05, 0.1) is 6.61 Å². The first-order valence-electron chi connectivity index (χ1n) is 4.36. The number of hydrogen-bond donors (Lipinski definition) is 0. The third-order valence-corrected chi connectivity index (χ3v) is 2.78. The van der Waals surface area contributed by atoms with Gasteiger partial charge in [0.2, 0.25) is 0 Å². The normalized spacial score (nSPS) is 20.2. The lowest BCUT2D eigenvalue weighted by Crippen LogP contribution is -2.38. The molecule has 0 spiro atoms. The second-order valence-electron chi connectivity index (χ2n) is 3.14. The number of likely N-dealkylation sites (N-methyl/N-ethyl adjacent to an activating group) is 1. The van der Waals surface area contributed by atoms with Crippen molar-refractivity contribution in [3.05, 3.63) is 0 Å². The minimum Gasteiger partial charge on any atom is -0.381 e. The van der Waals surface area contributed by atoms with Crippen LogP contribution in [0.2, 0.25) is 0 Å². The largest absolute Gasteiger partial charge is 0.381 e. The van der Waals surface area contributed by atoms with Gasteiger partial charge in [-0.3, -0.25) is 0 Å². The smallest absolute Gasteiger partial charge is 0.109 e. The van der Waals surface area contributed by atoms with Crippen molar-refractivity contribution in [1.82, 2.24) is 4.90 Å². The van der Waals surface area contributed by atoms with Crippen LogP contribution in [0.5, 0.6) is 0 Å². The highest BCUT2D eigenvalue weighted by atomic mass is 127. The van der Waals surface area contributed by atoms with Crippen LogP contribution >= 0.6 is 23.0 Å². The fraction of sp³-hybridized carbons (Fsp3) is 1.00. The Morgan fingerprint density at radius 2 is 2.17 bits per heavy atom. The van der Waals surface area contributed by atoms with E-state index in [2.05, 4.69) is 11.9 Å². The monoisotopic (exact) mass is 285 g/mol. The van der Waals surface area contributed by atoms with Crippen LogP contribution < -0.4 is 0 Å². The van der Waals surface area contributed by atoms with Gasteiger partial charge in [0.1, 0.15) is 23.0 Å². The van der Waals surface area contributed by atoms with E-state index in [1.807, 2.05) is 23.0 Å². The predicted molar refractivity (Wildman–Crippen MR) is 56.4 cm³/mol. The quantitative estimate of drug-likeness (QED) is 0.730. The second-order valence-corrected chi connectivity index (χ2v) is 3.76. The maximum absolute atomic E-state index is 5.29. The van der Waals surface area contributed by atoms with E-state index in [9.17, 15) is 0 Å². The van der Waals surface area contributed by atoms with E-state index in [0.717, 1.165) is 39.2 Å². The topological polar surface area (TPSA) is 21.7 Å². The summed E-state index contributed by atoms with van der Waals surface area (Å²) >= 11 is 1.94. The van der Waals surface area contributed by atoms with Crippen molar-refractivity contribution < 1.29 is 7.80 Å². The van der Waals surface area contributed by atoms with Crippen LogP contribution in [0.25, 0.3) is 0 Å². The average molecular weight is 285 g/mol. The maximum Gasteiger partial charge on any atom is 0.109 e. The molecule has 12 heavy (non-hydrogen) atoms. The van der Waals surface area contributed by atoms with E-state index in [1.165, 1.54) is 0 Å². The highest BCUT2D eigenvalue weighted by molar-refractivity contribution is 14.1. The van der Waals surface area contributed by atoms with Gasteiger partial charge in [-0.05, 0) is 19.9 Å². The zero-order chi connectivity index (χ0) is 8.81. The van der Waals surface area contributed by atoms with Gasteiger partial charge in [-0.15, -0.1) is 0 Å². The van der Waals surface area contributed by atoms with Crippen LogP contribution in [0, 0.1) is 0 Å². The number of ether oxygens (including phenoxy) is 1. The molecule has 0 radical (unpaired) electrons. The molecule has 0 aromatic carbocycles. The average Bonchev–Trinajstić information content (AvgIpc) is 2.15. The van der Waals surface area contributed by atoms with Crippen LogP contribution in [-0.2, 0) is 7.80 Å². The molecule has 0 aromatic heterocycles. The predicted octanol–water partition coefficient (Wildman–Crippen LogP) is 1.46. The Morgan fingerprint density at radius 3 is 2.75 bits per heavy atom. The number of nitrogens with zero attached hydrogens (tertiary/aromatic N) is 1. The Hall–Kier alpha value is 0.610. The molecule has 1 rings (SSSR count). The van der Waals surface area contributed by atoms with Crippen LogP contribution in [0.1, 0.15) is 12.8 Å². The van der Waals surface area contributed by atoms with Crippen molar-refractivity contribution in [2.24, 2.45) is 0 Å². The highest BCUT2D eigenvalue weighted by Crippen LogP contribution is 2.12. The Balaban J connectivity index is 2.15. The van der Waals surface area contributed by atoms with Gasteiger partial charge in [-0.1, -0.05) is 0 Å². The molecule has 0 saturated carbocycles. The maximum atomic E-state index is 5.29. The van der Waals surface area contributed by atoms with Crippen molar-refractivity contribution in [3.8, 4) is 0 Å². The summed E-state index contributed by atoms with van der Waals surface area (Å²) < 4.78 is 10.3. The Morgan fingerprint density at radius 1 is 1.50 bits per heavy atom. The standard InChI is InChI=1S/C8H16INO2/c1-10(4-7-12-9)8-2-5-11-6-3-8/h8H,2-7H2,1H3. The molecule has 0 aliphatic carbocycles. The molecule has 0 unspecified atom stereocenters. The summed E-state index contributed by atoms with van der Waals surface area (Å²) in [6.45, 7) is 3.67. The molecule has 1 fully saturated rings. The Kier molecular flexibility index (Phi) is 5.45. The minimum absolute atomic E-state index is 0.699. The van der Waals surface area contributed by atoms with Crippen molar-refractivity contribution in [2.45, 2.75) is 18.9 Å². The molecule has 3 nitrogen and oxygen atoms in total. The zero-order valence-corrected chi connectivity index (χ0v) is 9.62. The van der Waals surface area contributed by atoms with Gasteiger partial charge in [0.15, 0.2) is 0 Å². The van der Waals surface area contributed by atoms with Crippen LogP contribution in [0.3, 0.4) is 0 Å². The summed E-state index contributed by atoms with van der Waals surface area (Å²) in [4.78, 5) is 2.36. The van der Waals surface area contributed by atoms with E-state index in [1.54, 1.807) is 0 Å². The Labute approximate surface area is 88.1 Å². The lowest BCUT2D eigenvalue weighted by atomic mass is 10.1. The fourth-order valence-electron chi connectivity index (χ4n) is 1.49. The molecule has 0 bridgehead atoms. The first kappa shape index (κ1) is 10.7. The molecule has 0 N–H and O–H groups in total. The summed E-state index contributed by atoms with van der Waals surface area (Å²) in [5, 5.41) is 0. The van der Waals surface area contributed by atoms with Crippen molar-refractivity contribution in [1.29, 1.82) is 0 Å². The fourth-order valence-corrected chi connectivity index (χ4v) is 1.68. The van der Waals surface area contributed by atoms with E-state index >= 15 is 0 Å². The molecule has 1 aliphatic heterocycles. The van der Waals surface area contributed by atoms with E-state index in [4.69, 9.17) is 7.80 Å². The van der Waals surface area contributed by atoms with E-state index in [-0.39, 0.29) is 0 Å². The summed E-state index contributed by atoms with van der Waals surface area (Å²) in [7, 11) is 2.16. The molecule has 0 amide bonds. The van der Waals surface area contributed by atoms with Gasteiger partial charge in [0, 0.05) is 25.8 Å². The van der Waals surface area contributed by atoms with Crippen molar-refractivity contribution >= 4 is 23.0 Å². The zero-order valence-electron chi connectivity index (χ0n) is 7.46. The van der Waals surface area contributed by atoms with Gasteiger partial charge in [0.25, 0.3) is 0 Å². The van der Waals surface area contributed by atoms with Gasteiger partial charge < -0.3 is 12.7 Å². The third kappa shape index (κ3) is 3.55. The summed E-state index contributed by atoms with van der Waals surface area (Å²) in [6.07, 6.45) is 2.33. The first-order chi connectivity index (χ1) is 5.84. The van der Waals surface area contributed by atoms with Gasteiger partial charge in [-0.2, -0.15) is 0 Å². The van der Waals surface area contributed by atoms with Crippen LogP contribution in [0.4, 0.5) is 0 Å². The van der Waals surface area contributed by atoms with Crippen LogP contribution in [0.15, 0.2) is 0 Å². The lowest BCUT2D eigenvalue weighted by Gasteiger charge is -2.30. The van der Waals surface area contributed by atoms with Gasteiger partial charge in [-0.25, -0.2) is 0 Å². The molecule has 72 valence electrons. The molecule has 1 heterocycles. The summed E-state index contributed by atoms with van der Waals surface area (Å²) in [6, 6.07) is 0.699. The van der Waals surface area contributed by atoms with Gasteiger partial charge >= 0.3 is 0 Å². The molecule has 0 aromatic rings. The molecular formula is C8H16INO2. The summed E-state index contributed by atoms with van der Waals surface area (Å²) in [5.41, 5.74) is 0. The molecule has 0 atom stereocenters. The van der Waals surface area contributed by atoms with Crippen molar-refractivity contribution in [3.63, 3.8) is 0 Å². The lowest BCUT2D eigenvalue weighted by molar-refractivity contribution is 0.0407. The van der Waals surface area contributed by atoms with E-state index in [0.29, 0.717) is 6.04 Å².